The second kappa shape index (κ2) is 6.19. The number of hydrogen-bond donors (Lipinski definition) is 0. The highest BCUT2D eigenvalue weighted by Crippen LogP contribution is 2.32. The van der Waals surface area contributed by atoms with Crippen molar-refractivity contribution in [2.75, 3.05) is 13.7 Å². The molecule has 2 nitrogen and oxygen atoms in total. The first kappa shape index (κ1) is 15.0. The van der Waals surface area contributed by atoms with E-state index < -0.39 is 0 Å². The van der Waals surface area contributed by atoms with E-state index in [2.05, 4.69) is 34.6 Å². The van der Waals surface area contributed by atoms with Gasteiger partial charge in [0, 0.05) is 13.7 Å². The molecule has 1 aliphatic heterocycles. The fourth-order valence-electron chi connectivity index (χ4n) is 2.56. The number of methoxy groups -OCH3 is 1. The van der Waals surface area contributed by atoms with Gasteiger partial charge in [-0.1, -0.05) is 20.8 Å². The Bertz CT molecular complexity index is 223. The van der Waals surface area contributed by atoms with Crippen LogP contribution in [0, 0.1) is 17.8 Å². The average Bonchev–Trinajstić information content (AvgIpc) is 2.29. The van der Waals surface area contributed by atoms with Gasteiger partial charge in [-0.25, -0.2) is 0 Å². The summed E-state index contributed by atoms with van der Waals surface area (Å²) < 4.78 is 11.5. The van der Waals surface area contributed by atoms with E-state index >= 15 is 0 Å². The minimum atomic E-state index is -0.0475. The number of ether oxygens (including phenoxy) is 2. The molecule has 1 saturated heterocycles. The first-order valence-corrected chi connectivity index (χ1v) is 7.03. The van der Waals surface area contributed by atoms with Crippen LogP contribution >= 0.6 is 0 Å². The molecule has 0 N–H and O–H groups in total. The standard InChI is InChI=1S/C15H30O2/c1-11(2)13-7-8-17-14(10-13)9-12(3)15(4,5)16-6/h11-14H,7-10H2,1-6H3. The lowest BCUT2D eigenvalue weighted by molar-refractivity contribution is -0.0703. The van der Waals surface area contributed by atoms with Gasteiger partial charge in [0.2, 0.25) is 0 Å². The van der Waals surface area contributed by atoms with E-state index in [1.54, 1.807) is 7.11 Å². The van der Waals surface area contributed by atoms with Gasteiger partial charge < -0.3 is 9.47 Å². The Morgan fingerprint density at radius 1 is 1.29 bits per heavy atom. The zero-order valence-corrected chi connectivity index (χ0v) is 12.5. The summed E-state index contributed by atoms with van der Waals surface area (Å²) >= 11 is 0. The summed E-state index contributed by atoms with van der Waals surface area (Å²) in [6, 6.07) is 0. The van der Waals surface area contributed by atoms with Crippen LogP contribution in [0.25, 0.3) is 0 Å². The number of hydrogen-bond acceptors (Lipinski definition) is 2. The van der Waals surface area contributed by atoms with Crippen LogP contribution in [0.1, 0.15) is 53.9 Å². The topological polar surface area (TPSA) is 18.5 Å². The first-order chi connectivity index (χ1) is 7.86. The van der Waals surface area contributed by atoms with Gasteiger partial charge >= 0.3 is 0 Å². The van der Waals surface area contributed by atoms with E-state index in [9.17, 15) is 0 Å². The van der Waals surface area contributed by atoms with E-state index in [0.717, 1.165) is 24.9 Å². The van der Waals surface area contributed by atoms with Crippen molar-refractivity contribution in [1.82, 2.24) is 0 Å². The lowest BCUT2D eigenvalue weighted by Crippen LogP contribution is -2.37. The number of rotatable bonds is 5. The molecule has 3 atom stereocenters. The van der Waals surface area contributed by atoms with Crippen LogP contribution in [-0.2, 0) is 9.47 Å². The molecule has 102 valence electrons. The Labute approximate surface area is 107 Å². The molecule has 0 amide bonds. The van der Waals surface area contributed by atoms with Gasteiger partial charge in [-0.3, -0.25) is 0 Å². The van der Waals surface area contributed by atoms with Gasteiger partial charge in [0.05, 0.1) is 11.7 Å². The van der Waals surface area contributed by atoms with Crippen molar-refractivity contribution >= 4 is 0 Å². The van der Waals surface area contributed by atoms with Crippen LogP contribution in [0.5, 0.6) is 0 Å². The zero-order valence-electron chi connectivity index (χ0n) is 12.5. The zero-order chi connectivity index (χ0) is 13.1. The SMILES string of the molecule is COC(C)(C)C(C)CC1CC(C(C)C)CCO1. The van der Waals surface area contributed by atoms with E-state index in [1.165, 1.54) is 12.8 Å². The van der Waals surface area contributed by atoms with E-state index in [0.29, 0.717) is 12.0 Å². The molecule has 0 saturated carbocycles. The largest absolute Gasteiger partial charge is 0.379 e. The third-order valence-electron chi connectivity index (χ3n) is 4.68. The fraction of sp³-hybridized carbons (Fsp3) is 1.00. The fourth-order valence-corrected chi connectivity index (χ4v) is 2.56. The minimum absolute atomic E-state index is 0.0475. The third-order valence-corrected chi connectivity index (χ3v) is 4.68. The maximum absolute atomic E-state index is 5.91. The average molecular weight is 242 g/mol. The summed E-state index contributed by atoms with van der Waals surface area (Å²) in [5.41, 5.74) is -0.0475. The molecular formula is C15H30O2. The lowest BCUT2D eigenvalue weighted by atomic mass is 9.81. The Kier molecular flexibility index (Phi) is 5.46. The van der Waals surface area contributed by atoms with Crippen molar-refractivity contribution in [2.45, 2.75) is 65.6 Å². The highest BCUT2D eigenvalue weighted by Gasteiger charge is 2.31. The van der Waals surface area contributed by atoms with Gasteiger partial charge in [0.25, 0.3) is 0 Å². The molecule has 17 heavy (non-hydrogen) atoms. The summed E-state index contributed by atoms with van der Waals surface area (Å²) in [5, 5.41) is 0. The molecule has 0 aliphatic carbocycles. The van der Waals surface area contributed by atoms with Crippen LogP contribution < -0.4 is 0 Å². The highest BCUT2D eigenvalue weighted by molar-refractivity contribution is 4.81. The Balaban J connectivity index is 2.46. The monoisotopic (exact) mass is 242 g/mol. The van der Waals surface area contributed by atoms with Gasteiger partial charge in [-0.15, -0.1) is 0 Å². The predicted molar refractivity (Wildman–Crippen MR) is 72.2 cm³/mol. The normalized spacial score (nSPS) is 28.4. The molecule has 1 fully saturated rings. The van der Waals surface area contributed by atoms with E-state index in [1.807, 2.05) is 0 Å². The van der Waals surface area contributed by atoms with Crippen LogP contribution in [-0.4, -0.2) is 25.4 Å². The highest BCUT2D eigenvalue weighted by atomic mass is 16.5. The first-order valence-electron chi connectivity index (χ1n) is 7.03. The Morgan fingerprint density at radius 2 is 1.94 bits per heavy atom. The molecule has 1 aliphatic rings. The third kappa shape index (κ3) is 4.26. The second-order valence-electron chi connectivity index (χ2n) is 6.47. The molecular weight excluding hydrogens is 212 g/mol. The summed E-state index contributed by atoms with van der Waals surface area (Å²) in [5.74, 6) is 2.15. The van der Waals surface area contributed by atoms with E-state index in [-0.39, 0.29) is 5.60 Å². The Morgan fingerprint density at radius 3 is 2.47 bits per heavy atom. The molecule has 3 unspecified atom stereocenters. The van der Waals surface area contributed by atoms with Crippen molar-refractivity contribution in [1.29, 1.82) is 0 Å². The molecule has 0 spiro atoms. The van der Waals surface area contributed by atoms with Crippen LogP contribution in [0.4, 0.5) is 0 Å². The van der Waals surface area contributed by atoms with Crippen molar-refractivity contribution in [3.8, 4) is 0 Å². The maximum atomic E-state index is 5.91. The van der Waals surface area contributed by atoms with Crippen LogP contribution in [0.15, 0.2) is 0 Å². The summed E-state index contributed by atoms with van der Waals surface area (Å²) in [6.45, 7) is 12.2. The molecule has 2 heteroatoms. The molecule has 1 rings (SSSR count). The smallest absolute Gasteiger partial charge is 0.0649 e. The Hall–Kier alpha value is -0.0800. The quantitative estimate of drug-likeness (QED) is 0.728. The van der Waals surface area contributed by atoms with Crippen molar-refractivity contribution in [3.63, 3.8) is 0 Å². The van der Waals surface area contributed by atoms with Gasteiger partial charge in [-0.2, -0.15) is 0 Å². The minimum Gasteiger partial charge on any atom is -0.379 e. The van der Waals surface area contributed by atoms with Gasteiger partial charge in [0.15, 0.2) is 0 Å². The van der Waals surface area contributed by atoms with Crippen LogP contribution in [0.3, 0.4) is 0 Å². The molecule has 0 aromatic rings. The second-order valence-corrected chi connectivity index (χ2v) is 6.47. The van der Waals surface area contributed by atoms with E-state index in [4.69, 9.17) is 9.47 Å². The predicted octanol–water partition coefficient (Wildman–Crippen LogP) is 3.89. The van der Waals surface area contributed by atoms with Gasteiger partial charge in [0.1, 0.15) is 0 Å². The molecule has 0 bridgehead atoms. The van der Waals surface area contributed by atoms with Crippen molar-refractivity contribution < 1.29 is 9.47 Å². The molecule has 1 heterocycles. The molecule has 0 aromatic carbocycles. The summed E-state index contributed by atoms with van der Waals surface area (Å²) in [6.07, 6.45) is 4.00. The molecule has 0 aromatic heterocycles. The lowest BCUT2D eigenvalue weighted by Gasteiger charge is -2.37. The maximum Gasteiger partial charge on any atom is 0.0649 e. The van der Waals surface area contributed by atoms with Crippen molar-refractivity contribution in [2.24, 2.45) is 17.8 Å². The summed E-state index contributed by atoms with van der Waals surface area (Å²) in [4.78, 5) is 0. The molecule has 0 radical (unpaired) electrons. The summed E-state index contributed by atoms with van der Waals surface area (Å²) in [7, 11) is 1.80. The van der Waals surface area contributed by atoms with Crippen molar-refractivity contribution in [3.05, 3.63) is 0 Å². The van der Waals surface area contributed by atoms with Crippen LogP contribution in [0.2, 0.25) is 0 Å². The van der Waals surface area contributed by atoms with Gasteiger partial charge in [-0.05, 0) is 50.9 Å².